The Labute approximate surface area is 139 Å². The molecule has 0 saturated heterocycles. The van der Waals surface area contributed by atoms with Crippen LogP contribution >= 0.6 is 12.2 Å². The van der Waals surface area contributed by atoms with Gasteiger partial charge in [-0.2, -0.15) is 0 Å². The van der Waals surface area contributed by atoms with Crippen LogP contribution in [-0.4, -0.2) is 12.1 Å². The molecule has 0 spiro atoms. The van der Waals surface area contributed by atoms with Crippen molar-refractivity contribution in [2.45, 2.75) is 33.6 Å². The third-order valence-corrected chi connectivity index (χ3v) is 3.68. The molecule has 2 aromatic carbocycles. The molecule has 0 aliphatic heterocycles. The van der Waals surface area contributed by atoms with Crippen molar-refractivity contribution in [2.24, 2.45) is 0 Å². The number of nitrogens with one attached hydrogen (secondary N) is 1. The number of methoxy groups -OCH3 is 1. The van der Waals surface area contributed by atoms with E-state index < -0.39 is 0 Å². The number of benzene rings is 2. The Bertz CT molecular complexity index is 627. The van der Waals surface area contributed by atoms with Crippen LogP contribution in [0.4, 0.5) is 5.69 Å². The molecule has 0 bridgehead atoms. The van der Waals surface area contributed by atoms with Gasteiger partial charge in [-0.3, -0.25) is 0 Å². The molecule has 2 aromatic rings. The van der Waals surface area contributed by atoms with Crippen LogP contribution in [0.25, 0.3) is 0 Å². The fourth-order valence-corrected chi connectivity index (χ4v) is 2.27. The van der Waals surface area contributed by atoms with E-state index in [2.05, 4.69) is 50.4 Å². The molecule has 0 aliphatic carbocycles. The first-order valence-electron chi connectivity index (χ1n) is 6.96. The van der Waals surface area contributed by atoms with Crippen LogP contribution in [0.3, 0.4) is 0 Å². The first-order valence-corrected chi connectivity index (χ1v) is 7.37. The first-order chi connectivity index (χ1) is 9.90. The molecule has 0 fully saturated rings. The van der Waals surface area contributed by atoms with Crippen LogP contribution in [0, 0.1) is 0 Å². The van der Waals surface area contributed by atoms with E-state index >= 15 is 0 Å². The number of ether oxygens (including phenoxy) is 1. The fourth-order valence-electron chi connectivity index (χ4n) is 2.02. The number of hydrogen-bond acceptors (Lipinski definition) is 2. The van der Waals surface area contributed by atoms with Crippen LogP contribution in [0.1, 0.15) is 39.3 Å². The molecule has 0 radical (unpaired) electrons. The lowest BCUT2D eigenvalue weighted by atomic mass is 9.87. The Morgan fingerprint density at radius 2 is 1.68 bits per heavy atom. The topological polar surface area (TPSA) is 21.3 Å². The second-order valence-electron chi connectivity index (χ2n) is 6.01. The molecule has 2 nitrogen and oxygen atoms in total. The number of hydrogen-bond donors (Lipinski definition) is 1. The maximum atomic E-state index is 5.45. The van der Waals surface area contributed by atoms with Gasteiger partial charge in [-0.25, -0.2) is 0 Å². The van der Waals surface area contributed by atoms with E-state index in [1.54, 1.807) is 7.11 Å². The maximum Gasteiger partial charge on any atom is 0.119 e. The molecular weight excluding hydrogens is 290 g/mol. The largest absolute Gasteiger partial charge is 0.497 e. The van der Waals surface area contributed by atoms with Crippen molar-refractivity contribution in [1.29, 1.82) is 0 Å². The van der Waals surface area contributed by atoms with Crippen LogP contribution in [0.2, 0.25) is 0 Å². The van der Waals surface area contributed by atoms with Gasteiger partial charge in [0.15, 0.2) is 0 Å². The number of thiocarbonyl (C=S) groups is 1. The third kappa shape index (κ3) is 4.57. The predicted molar refractivity (Wildman–Crippen MR) is 100 cm³/mol. The van der Waals surface area contributed by atoms with Gasteiger partial charge >= 0.3 is 0 Å². The van der Waals surface area contributed by atoms with Gasteiger partial charge in [0.05, 0.1) is 7.11 Å². The summed E-state index contributed by atoms with van der Waals surface area (Å²) in [6, 6.07) is 16.1. The van der Waals surface area contributed by atoms with E-state index in [1.165, 1.54) is 5.56 Å². The van der Waals surface area contributed by atoms with Gasteiger partial charge in [0.2, 0.25) is 0 Å². The summed E-state index contributed by atoms with van der Waals surface area (Å²) < 4.78 is 5.22. The van der Waals surface area contributed by atoms with Gasteiger partial charge in [0.1, 0.15) is 10.7 Å². The van der Waals surface area contributed by atoms with Crippen molar-refractivity contribution < 1.29 is 4.74 Å². The maximum absolute atomic E-state index is 5.45. The SMILES string of the molecule is C.COc1cccc(C(=S)Nc2ccc(C(C)(C)C)cc2)c1. The molecule has 0 aromatic heterocycles. The molecule has 1 N–H and O–H groups in total. The monoisotopic (exact) mass is 315 g/mol. The van der Waals surface area contributed by atoms with Gasteiger partial charge in [-0.1, -0.05) is 64.7 Å². The predicted octanol–water partition coefficient (Wildman–Crippen LogP) is 5.42. The minimum absolute atomic E-state index is 0. The standard InChI is InChI=1S/C18H21NOS.CH4/c1-18(2,3)14-8-10-15(11-9-14)19-17(21)13-6-5-7-16(12-13)20-4;/h5-12H,1-4H3,(H,19,21);1H4. The fraction of sp³-hybridized carbons (Fsp3) is 0.316. The molecule has 0 atom stereocenters. The smallest absolute Gasteiger partial charge is 0.119 e. The van der Waals surface area contributed by atoms with E-state index in [0.717, 1.165) is 17.0 Å². The van der Waals surface area contributed by atoms with E-state index in [9.17, 15) is 0 Å². The zero-order valence-electron chi connectivity index (χ0n) is 12.9. The molecule has 0 unspecified atom stereocenters. The van der Waals surface area contributed by atoms with Crippen molar-refractivity contribution in [3.8, 4) is 5.75 Å². The van der Waals surface area contributed by atoms with Crippen LogP contribution in [0.5, 0.6) is 5.75 Å². The molecule has 118 valence electrons. The molecule has 0 saturated carbocycles. The minimum Gasteiger partial charge on any atom is -0.497 e. The van der Waals surface area contributed by atoms with Crippen molar-refractivity contribution in [2.75, 3.05) is 12.4 Å². The van der Waals surface area contributed by atoms with Gasteiger partial charge in [-0.15, -0.1) is 0 Å². The van der Waals surface area contributed by atoms with E-state index in [4.69, 9.17) is 17.0 Å². The van der Waals surface area contributed by atoms with Crippen molar-refractivity contribution in [3.05, 3.63) is 59.7 Å². The average molecular weight is 315 g/mol. The summed E-state index contributed by atoms with van der Waals surface area (Å²) in [6.45, 7) is 6.61. The molecule has 2 rings (SSSR count). The van der Waals surface area contributed by atoms with Gasteiger partial charge < -0.3 is 10.1 Å². The number of rotatable bonds is 3. The van der Waals surface area contributed by atoms with Gasteiger partial charge in [-0.05, 0) is 35.2 Å². The van der Waals surface area contributed by atoms with Gasteiger partial charge in [0.25, 0.3) is 0 Å². The minimum atomic E-state index is 0. The molecular formula is C19H25NOS. The Morgan fingerprint density at radius 1 is 1.05 bits per heavy atom. The average Bonchev–Trinajstić information content (AvgIpc) is 2.47. The summed E-state index contributed by atoms with van der Waals surface area (Å²) in [7, 11) is 1.65. The van der Waals surface area contributed by atoms with E-state index in [1.807, 2.05) is 24.3 Å². The lowest BCUT2D eigenvalue weighted by Gasteiger charge is -2.19. The quantitative estimate of drug-likeness (QED) is 0.765. The van der Waals surface area contributed by atoms with Crippen molar-refractivity contribution in [1.82, 2.24) is 0 Å². The highest BCUT2D eigenvalue weighted by Crippen LogP contribution is 2.24. The Hall–Kier alpha value is -1.87. The summed E-state index contributed by atoms with van der Waals surface area (Å²) in [5.74, 6) is 0.805. The zero-order valence-corrected chi connectivity index (χ0v) is 13.8. The summed E-state index contributed by atoms with van der Waals surface area (Å²) in [5.41, 5.74) is 3.41. The molecule has 0 amide bonds. The zero-order chi connectivity index (χ0) is 15.5. The van der Waals surface area contributed by atoms with Crippen molar-refractivity contribution in [3.63, 3.8) is 0 Å². The Kier molecular flexibility index (Phi) is 6.12. The van der Waals surface area contributed by atoms with Crippen molar-refractivity contribution >= 4 is 22.9 Å². The molecule has 22 heavy (non-hydrogen) atoms. The van der Waals surface area contributed by atoms with Crippen LogP contribution < -0.4 is 10.1 Å². The summed E-state index contributed by atoms with van der Waals surface area (Å²) in [6.07, 6.45) is 0. The molecule has 3 heteroatoms. The lowest BCUT2D eigenvalue weighted by molar-refractivity contribution is 0.414. The molecule has 0 heterocycles. The highest BCUT2D eigenvalue weighted by atomic mass is 32.1. The van der Waals surface area contributed by atoms with E-state index in [0.29, 0.717) is 4.99 Å². The first kappa shape index (κ1) is 18.2. The number of anilines is 1. The highest BCUT2D eigenvalue weighted by molar-refractivity contribution is 7.81. The second kappa shape index (κ2) is 7.41. The Morgan fingerprint density at radius 3 is 2.23 bits per heavy atom. The molecule has 0 aliphatic rings. The third-order valence-electron chi connectivity index (χ3n) is 3.34. The Balaban J connectivity index is 0.00000242. The summed E-state index contributed by atoms with van der Waals surface area (Å²) >= 11 is 5.45. The summed E-state index contributed by atoms with van der Waals surface area (Å²) in [4.78, 5) is 0.692. The van der Waals surface area contributed by atoms with Crippen LogP contribution in [-0.2, 0) is 5.41 Å². The lowest BCUT2D eigenvalue weighted by Crippen LogP contribution is -2.13. The summed E-state index contributed by atoms with van der Waals surface area (Å²) in [5, 5.41) is 3.26. The van der Waals surface area contributed by atoms with Gasteiger partial charge in [0, 0.05) is 11.3 Å². The normalized spacial score (nSPS) is 10.5. The van der Waals surface area contributed by atoms with E-state index in [-0.39, 0.29) is 12.8 Å². The second-order valence-corrected chi connectivity index (χ2v) is 6.42. The highest BCUT2D eigenvalue weighted by Gasteiger charge is 2.13. The van der Waals surface area contributed by atoms with Crippen LogP contribution in [0.15, 0.2) is 48.5 Å².